The molecule has 2 saturated carbocycles. The molecule has 5 unspecified atom stereocenters. The first-order valence-electron chi connectivity index (χ1n) is 10.3. The van der Waals surface area contributed by atoms with Crippen LogP contribution in [0.25, 0.3) is 0 Å². The van der Waals surface area contributed by atoms with Gasteiger partial charge in [0.05, 0.1) is 11.1 Å². The van der Waals surface area contributed by atoms with Crippen LogP contribution in [0.2, 0.25) is 5.02 Å². The summed E-state index contributed by atoms with van der Waals surface area (Å²) in [4.78, 5) is 12.7. The van der Waals surface area contributed by atoms with Crippen molar-refractivity contribution >= 4 is 17.6 Å². The zero-order valence-corrected chi connectivity index (χ0v) is 18.5. The molecule has 7 heteroatoms. The molecule has 0 spiro atoms. The minimum atomic E-state index is -1.43. The molecule has 0 amide bonds. The number of benzene rings is 1. The molecule has 0 aromatic heterocycles. The number of carbonyl (C=O) groups excluding carboxylic acids is 1. The van der Waals surface area contributed by atoms with E-state index in [2.05, 4.69) is 13.8 Å². The zero-order valence-electron chi connectivity index (χ0n) is 17.7. The van der Waals surface area contributed by atoms with Gasteiger partial charge >= 0.3 is 5.97 Å². The van der Waals surface area contributed by atoms with E-state index in [1.165, 1.54) is 6.92 Å². The summed E-state index contributed by atoms with van der Waals surface area (Å²) in [5.74, 6) is -1.04. The van der Waals surface area contributed by atoms with Crippen molar-refractivity contribution in [1.82, 2.24) is 0 Å². The third kappa shape index (κ3) is 2.80. The number of ether oxygens (including phenoxy) is 1. The Hall–Kier alpha value is -1.76. The summed E-state index contributed by atoms with van der Waals surface area (Å²) in [6, 6.07) is 0.997. The van der Waals surface area contributed by atoms with E-state index in [0.29, 0.717) is 12.0 Å². The second kappa shape index (κ2) is 6.62. The average Bonchev–Trinajstić information content (AvgIpc) is 2.96. The Morgan fingerprint density at radius 1 is 1.20 bits per heavy atom. The quantitative estimate of drug-likeness (QED) is 0.425. The van der Waals surface area contributed by atoms with Crippen LogP contribution in [-0.2, 0) is 4.74 Å². The molecule has 1 aromatic rings. The molecular formula is C23H29ClO6. The summed E-state index contributed by atoms with van der Waals surface area (Å²) in [7, 11) is 0. The standard InChI is InChI=1S/C23H29ClO6/c1-11-18(15(25)6-16(26)19(11)24)20(28)30-10-13-5-12-7-21(2,3)8-14(12)22(4)9-17(27)23(13,22)29/h5-6,12,14,17,25-27,29H,7-10H2,1-4H3. The number of fused-ring (bicyclic) bond motifs is 3. The molecule has 0 heterocycles. The van der Waals surface area contributed by atoms with Crippen molar-refractivity contribution in [2.75, 3.05) is 6.61 Å². The molecule has 30 heavy (non-hydrogen) atoms. The van der Waals surface area contributed by atoms with Gasteiger partial charge in [-0.05, 0) is 54.6 Å². The molecule has 5 atom stereocenters. The van der Waals surface area contributed by atoms with E-state index in [1.54, 1.807) is 0 Å². The van der Waals surface area contributed by atoms with Gasteiger partial charge in [0, 0.05) is 11.5 Å². The molecule has 0 radical (unpaired) electrons. The van der Waals surface area contributed by atoms with Gasteiger partial charge in [0.1, 0.15) is 29.3 Å². The molecule has 0 aliphatic heterocycles. The lowest BCUT2D eigenvalue weighted by Gasteiger charge is -2.64. The Morgan fingerprint density at radius 2 is 1.87 bits per heavy atom. The molecule has 0 bridgehead atoms. The van der Waals surface area contributed by atoms with Crippen LogP contribution >= 0.6 is 11.6 Å². The number of phenolic OH excluding ortho intramolecular Hbond substituents is 2. The van der Waals surface area contributed by atoms with Gasteiger partial charge in [-0.3, -0.25) is 0 Å². The number of phenols is 2. The second-order valence-corrected chi connectivity index (χ2v) is 10.6. The van der Waals surface area contributed by atoms with Gasteiger partial charge in [-0.25, -0.2) is 4.79 Å². The summed E-state index contributed by atoms with van der Waals surface area (Å²) < 4.78 is 5.46. The summed E-state index contributed by atoms with van der Waals surface area (Å²) in [5.41, 5.74) is -1.16. The fourth-order valence-electron chi connectivity index (χ4n) is 6.23. The topological polar surface area (TPSA) is 107 Å². The first kappa shape index (κ1) is 21.5. The van der Waals surface area contributed by atoms with Gasteiger partial charge in [0.2, 0.25) is 0 Å². The first-order chi connectivity index (χ1) is 13.8. The number of halogens is 1. The van der Waals surface area contributed by atoms with E-state index in [1.807, 2.05) is 13.0 Å². The maximum absolute atomic E-state index is 12.7. The van der Waals surface area contributed by atoms with Crippen LogP contribution in [0.15, 0.2) is 17.7 Å². The SMILES string of the molecule is Cc1c(Cl)c(O)cc(O)c1C(=O)OCC1=CC2CC(C)(C)CC2C2(C)CC(O)C12O. The predicted molar refractivity (Wildman–Crippen MR) is 112 cm³/mol. The molecular weight excluding hydrogens is 408 g/mol. The highest BCUT2D eigenvalue weighted by atomic mass is 35.5. The van der Waals surface area contributed by atoms with Gasteiger partial charge in [-0.15, -0.1) is 0 Å². The van der Waals surface area contributed by atoms with Crippen molar-refractivity contribution in [1.29, 1.82) is 0 Å². The average molecular weight is 437 g/mol. The highest BCUT2D eigenvalue weighted by molar-refractivity contribution is 6.33. The van der Waals surface area contributed by atoms with Crippen LogP contribution in [-0.4, -0.2) is 44.7 Å². The summed E-state index contributed by atoms with van der Waals surface area (Å²) in [6.07, 6.45) is 3.54. The van der Waals surface area contributed by atoms with Gasteiger partial charge in [0.15, 0.2) is 0 Å². The van der Waals surface area contributed by atoms with Crippen LogP contribution in [0, 0.1) is 29.6 Å². The molecule has 164 valence electrons. The summed E-state index contributed by atoms with van der Waals surface area (Å²) in [6.45, 7) is 7.77. The molecule has 3 aliphatic carbocycles. The van der Waals surface area contributed by atoms with Gasteiger partial charge in [-0.2, -0.15) is 0 Å². The number of aliphatic hydroxyl groups excluding tert-OH is 1. The van der Waals surface area contributed by atoms with Crippen molar-refractivity contribution in [3.63, 3.8) is 0 Å². The number of hydrogen-bond donors (Lipinski definition) is 4. The van der Waals surface area contributed by atoms with Crippen molar-refractivity contribution in [2.24, 2.45) is 22.7 Å². The lowest BCUT2D eigenvalue weighted by Crippen LogP contribution is -2.72. The molecule has 1 aromatic carbocycles. The summed E-state index contributed by atoms with van der Waals surface area (Å²) >= 11 is 5.99. The van der Waals surface area contributed by atoms with Crippen molar-refractivity contribution in [3.05, 3.63) is 33.9 Å². The zero-order chi connectivity index (χ0) is 22.2. The second-order valence-electron chi connectivity index (χ2n) is 10.2. The van der Waals surface area contributed by atoms with E-state index >= 15 is 0 Å². The van der Waals surface area contributed by atoms with E-state index in [-0.39, 0.29) is 45.8 Å². The minimum Gasteiger partial charge on any atom is -0.507 e. The maximum atomic E-state index is 12.7. The molecule has 2 fully saturated rings. The van der Waals surface area contributed by atoms with Crippen molar-refractivity contribution < 1.29 is 30.0 Å². The fourth-order valence-corrected chi connectivity index (χ4v) is 6.38. The number of aromatic hydroxyl groups is 2. The van der Waals surface area contributed by atoms with Gasteiger partial charge < -0.3 is 25.2 Å². The summed E-state index contributed by atoms with van der Waals surface area (Å²) in [5, 5.41) is 41.8. The largest absolute Gasteiger partial charge is 0.507 e. The van der Waals surface area contributed by atoms with Gasteiger partial charge in [-0.1, -0.05) is 38.4 Å². The minimum absolute atomic E-state index is 0.0340. The molecule has 4 N–H and O–H groups in total. The Morgan fingerprint density at radius 3 is 2.50 bits per heavy atom. The smallest absolute Gasteiger partial charge is 0.342 e. The van der Waals surface area contributed by atoms with E-state index in [4.69, 9.17) is 16.3 Å². The van der Waals surface area contributed by atoms with Crippen LogP contribution in [0.1, 0.15) is 56.0 Å². The van der Waals surface area contributed by atoms with Crippen molar-refractivity contribution in [3.8, 4) is 11.5 Å². The van der Waals surface area contributed by atoms with Crippen LogP contribution in [0.4, 0.5) is 0 Å². The lowest BCUT2D eigenvalue weighted by molar-refractivity contribution is -0.250. The number of esters is 1. The third-order valence-electron chi connectivity index (χ3n) is 7.79. The monoisotopic (exact) mass is 436 g/mol. The van der Waals surface area contributed by atoms with Gasteiger partial charge in [0.25, 0.3) is 0 Å². The molecule has 4 rings (SSSR count). The normalized spacial score (nSPS) is 36.4. The predicted octanol–water partition coefficient (Wildman–Crippen LogP) is 3.71. The van der Waals surface area contributed by atoms with E-state index in [0.717, 1.165) is 18.9 Å². The Balaban J connectivity index is 1.62. The number of aliphatic hydroxyl groups is 2. The molecule has 6 nitrogen and oxygen atoms in total. The van der Waals surface area contributed by atoms with E-state index < -0.39 is 28.8 Å². The highest BCUT2D eigenvalue weighted by Gasteiger charge is 2.70. The Bertz CT molecular complexity index is 954. The number of rotatable bonds is 3. The third-order valence-corrected chi connectivity index (χ3v) is 8.27. The molecule has 3 aliphatic rings. The first-order valence-corrected chi connectivity index (χ1v) is 10.7. The Labute approximate surface area is 181 Å². The Kier molecular flexibility index (Phi) is 4.74. The molecule has 0 saturated heterocycles. The van der Waals surface area contributed by atoms with Crippen molar-refractivity contribution in [2.45, 2.75) is 58.7 Å². The number of allylic oxidation sites excluding steroid dienone is 1. The number of carbonyl (C=O) groups is 1. The van der Waals surface area contributed by atoms with Crippen LogP contribution in [0.5, 0.6) is 11.5 Å². The maximum Gasteiger partial charge on any atom is 0.342 e. The van der Waals surface area contributed by atoms with Crippen LogP contribution < -0.4 is 0 Å². The van der Waals surface area contributed by atoms with E-state index in [9.17, 15) is 25.2 Å². The number of hydrogen-bond acceptors (Lipinski definition) is 6. The van der Waals surface area contributed by atoms with Crippen LogP contribution in [0.3, 0.4) is 0 Å². The highest BCUT2D eigenvalue weighted by Crippen LogP contribution is 2.68. The fraction of sp³-hybridized carbons (Fsp3) is 0.609. The lowest BCUT2D eigenvalue weighted by atomic mass is 9.44.